The molecule has 0 aliphatic rings. The lowest BCUT2D eigenvalue weighted by Crippen LogP contribution is -2.12. The van der Waals surface area contributed by atoms with Crippen molar-refractivity contribution in [1.29, 1.82) is 0 Å². The molecule has 0 amide bonds. The lowest BCUT2D eigenvalue weighted by Gasteiger charge is -2.19. The van der Waals surface area contributed by atoms with E-state index in [1.807, 2.05) is 32.0 Å². The monoisotopic (exact) mass is 430 g/mol. The van der Waals surface area contributed by atoms with Crippen molar-refractivity contribution in [3.05, 3.63) is 64.8 Å². The molecule has 30 heavy (non-hydrogen) atoms. The highest BCUT2D eigenvalue weighted by Gasteiger charge is 2.32. The molecule has 0 fully saturated rings. The molecule has 0 N–H and O–H groups in total. The molecule has 0 aliphatic carbocycles. The average Bonchev–Trinajstić information content (AvgIpc) is 2.77. The van der Waals surface area contributed by atoms with Crippen molar-refractivity contribution in [3.63, 3.8) is 0 Å². The summed E-state index contributed by atoms with van der Waals surface area (Å²) in [6, 6.07) is 16.0. The number of hydrogen-bond acceptors (Lipinski definition) is 6. The zero-order valence-electron chi connectivity index (χ0n) is 17.3. The van der Waals surface area contributed by atoms with Gasteiger partial charge in [0.25, 0.3) is 0 Å². The van der Waals surface area contributed by atoms with Gasteiger partial charge in [0, 0.05) is 5.56 Å². The van der Waals surface area contributed by atoms with Crippen LogP contribution >= 0.6 is 7.82 Å². The van der Waals surface area contributed by atoms with Crippen LogP contribution in [0.15, 0.2) is 63.8 Å². The first-order valence-corrected chi connectivity index (χ1v) is 11.7. The Hall–Kier alpha value is -2.40. The molecule has 0 saturated carbocycles. The maximum Gasteiger partial charge on any atom is 0.530 e. The van der Waals surface area contributed by atoms with Gasteiger partial charge < -0.3 is 8.94 Å². The van der Waals surface area contributed by atoms with E-state index in [-0.39, 0.29) is 24.7 Å². The largest absolute Gasteiger partial charge is 0.530 e. The smallest absolute Gasteiger partial charge is 0.452 e. The summed E-state index contributed by atoms with van der Waals surface area (Å²) >= 11 is 0. The van der Waals surface area contributed by atoms with E-state index < -0.39 is 13.3 Å². The van der Waals surface area contributed by atoms with Gasteiger partial charge in [-0.3, -0.25) is 13.8 Å². The summed E-state index contributed by atoms with van der Waals surface area (Å²) in [7, 11) is -4.01. The topological polar surface area (TPSA) is 75.0 Å². The van der Waals surface area contributed by atoms with Crippen LogP contribution in [0.1, 0.15) is 39.5 Å². The normalized spacial score (nSPS) is 11.7. The maximum absolute atomic E-state index is 13.4. The highest BCUT2D eigenvalue weighted by Crippen LogP contribution is 2.51. The summed E-state index contributed by atoms with van der Waals surface area (Å²) in [5.41, 5.74) is 0.625. The van der Waals surface area contributed by atoms with Crippen LogP contribution in [-0.2, 0) is 13.6 Å². The van der Waals surface area contributed by atoms with Crippen LogP contribution in [0.25, 0.3) is 22.3 Å². The number of phosphoric ester groups is 1. The number of fused-ring (bicyclic) bond motifs is 1. The van der Waals surface area contributed by atoms with Crippen LogP contribution in [0.5, 0.6) is 5.75 Å². The van der Waals surface area contributed by atoms with Gasteiger partial charge in [-0.05, 0) is 25.0 Å². The highest BCUT2D eigenvalue weighted by molar-refractivity contribution is 7.48. The van der Waals surface area contributed by atoms with Crippen molar-refractivity contribution in [2.45, 2.75) is 39.5 Å². The highest BCUT2D eigenvalue weighted by atomic mass is 31.2. The predicted molar refractivity (Wildman–Crippen MR) is 118 cm³/mol. The number of hydrogen-bond donors (Lipinski definition) is 0. The van der Waals surface area contributed by atoms with Crippen LogP contribution in [0, 0.1) is 0 Å². The minimum Gasteiger partial charge on any atom is -0.452 e. The van der Waals surface area contributed by atoms with Crippen LogP contribution in [0.4, 0.5) is 0 Å². The summed E-state index contributed by atoms with van der Waals surface area (Å²) in [5, 5.41) is 0.334. The van der Waals surface area contributed by atoms with E-state index in [0.29, 0.717) is 29.4 Å². The molecule has 0 spiro atoms. The SMILES string of the molecule is CCCCOP(=O)(OCCCC)Oc1c(-c2ccccc2)oc2ccccc2c1=O. The van der Waals surface area contributed by atoms with E-state index in [2.05, 4.69) is 0 Å². The minimum absolute atomic E-state index is 0.170. The standard InChI is InChI=1S/C23H27O6P/c1-3-5-16-26-30(25,27-17-6-4-2)29-23-21(24)19-14-10-11-15-20(19)28-22(23)18-12-8-7-9-13-18/h7-15H,3-6,16-17H2,1-2H3. The first-order valence-electron chi connectivity index (χ1n) is 10.3. The van der Waals surface area contributed by atoms with E-state index in [1.165, 1.54) is 0 Å². The first-order chi connectivity index (χ1) is 14.6. The van der Waals surface area contributed by atoms with Gasteiger partial charge in [0.05, 0.1) is 18.6 Å². The molecule has 3 aromatic rings. The number of phosphoric acid groups is 1. The zero-order chi connectivity index (χ0) is 21.4. The van der Waals surface area contributed by atoms with E-state index in [1.54, 1.807) is 36.4 Å². The van der Waals surface area contributed by atoms with Gasteiger partial charge in [0.15, 0.2) is 5.76 Å². The predicted octanol–water partition coefficient (Wildman–Crippen LogP) is 6.58. The quantitative estimate of drug-likeness (QED) is 0.253. The zero-order valence-corrected chi connectivity index (χ0v) is 18.2. The lowest BCUT2D eigenvalue weighted by molar-refractivity contribution is 0.151. The summed E-state index contributed by atoms with van der Waals surface area (Å²) in [5.74, 6) is 0.0222. The number of unbranched alkanes of at least 4 members (excludes halogenated alkanes) is 2. The molecule has 2 aromatic carbocycles. The van der Waals surface area contributed by atoms with Crippen LogP contribution in [-0.4, -0.2) is 13.2 Å². The van der Waals surface area contributed by atoms with Crippen LogP contribution in [0.3, 0.4) is 0 Å². The second-order valence-corrected chi connectivity index (χ2v) is 8.46. The van der Waals surface area contributed by atoms with Gasteiger partial charge >= 0.3 is 7.82 Å². The third-order valence-electron chi connectivity index (χ3n) is 4.49. The van der Waals surface area contributed by atoms with E-state index in [9.17, 15) is 9.36 Å². The third kappa shape index (κ3) is 5.39. The summed E-state index contributed by atoms with van der Waals surface area (Å²) < 4.78 is 36.1. The van der Waals surface area contributed by atoms with E-state index >= 15 is 0 Å². The molecule has 1 aromatic heterocycles. The van der Waals surface area contributed by atoms with Crippen molar-refractivity contribution >= 4 is 18.8 Å². The van der Waals surface area contributed by atoms with Crippen molar-refractivity contribution in [3.8, 4) is 17.1 Å². The molecule has 0 atom stereocenters. The molecule has 3 rings (SSSR count). The van der Waals surface area contributed by atoms with Gasteiger partial charge in [0.1, 0.15) is 5.58 Å². The summed E-state index contributed by atoms with van der Waals surface area (Å²) in [6.07, 6.45) is 3.12. The number of rotatable bonds is 11. The number of benzene rings is 2. The molecule has 160 valence electrons. The Morgan fingerprint density at radius 2 is 1.47 bits per heavy atom. The van der Waals surface area contributed by atoms with Gasteiger partial charge in [0.2, 0.25) is 11.2 Å². The Kier molecular flexibility index (Phi) is 7.86. The molecule has 7 heteroatoms. The van der Waals surface area contributed by atoms with Gasteiger partial charge in [-0.25, -0.2) is 4.57 Å². The van der Waals surface area contributed by atoms with E-state index in [0.717, 1.165) is 12.8 Å². The second kappa shape index (κ2) is 10.6. The molecule has 0 aliphatic heterocycles. The van der Waals surface area contributed by atoms with Gasteiger partial charge in [-0.15, -0.1) is 0 Å². The maximum atomic E-state index is 13.4. The molecular formula is C23H27O6P. The molecule has 0 radical (unpaired) electrons. The molecule has 0 saturated heterocycles. The Bertz CT molecular complexity index is 1050. The van der Waals surface area contributed by atoms with Crippen LogP contribution < -0.4 is 9.95 Å². The summed E-state index contributed by atoms with van der Waals surface area (Å²) in [4.78, 5) is 13.2. The Balaban J connectivity index is 2.08. The third-order valence-corrected chi connectivity index (χ3v) is 5.89. The van der Waals surface area contributed by atoms with Crippen molar-refractivity contribution in [1.82, 2.24) is 0 Å². The fraction of sp³-hybridized carbons (Fsp3) is 0.348. The van der Waals surface area contributed by atoms with Crippen LogP contribution in [0.2, 0.25) is 0 Å². The first kappa shape index (κ1) is 22.3. The van der Waals surface area contributed by atoms with Gasteiger partial charge in [-0.1, -0.05) is 69.2 Å². The molecule has 6 nitrogen and oxygen atoms in total. The molecule has 0 unspecified atom stereocenters. The Morgan fingerprint density at radius 3 is 2.10 bits per heavy atom. The fourth-order valence-corrected chi connectivity index (χ4v) is 4.11. The Labute approximate surface area is 176 Å². The van der Waals surface area contributed by atoms with Crippen molar-refractivity contribution in [2.24, 2.45) is 0 Å². The fourth-order valence-electron chi connectivity index (χ4n) is 2.83. The molecular weight excluding hydrogens is 403 g/mol. The van der Waals surface area contributed by atoms with Crippen molar-refractivity contribution in [2.75, 3.05) is 13.2 Å². The number of para-hydroxylation sites is 1. The summed E-state index contributed by atoms with van der Waals surface area (Å²) in [6.45, 7) is 4.41. The van der Waals surface area contributed by atoms with Crippen molar-refractivity contribution < 1.29 is 22.6 Å². The Morgan fingerprint density at radius 1 is 0.867 bits per heavy atom. The molecule has 0 bridgehead atoms. The van der Waals surface area contributed by atoms with E-state index in [4.69, 9.17) is 18.0 Å². The minimum atomic E-state index is -4.01. The average molecular weight is 430 g/mol. The van der Waals surface area contributed by atoms with Gasteiger partial charge in [-0.2, -0.15) is 0 Å². The second-order valence-electron chi connectivity index (χ2n) is 6.86. The lowest BCUT2D eigenvalue weighted by atomic mass is 10.1. The molecule has 1 heterocycles.